The number of imidazole rings is 1. The summed E-state index contributed by atoms with van der Waals surface area (Å²) in [5.74, 6) is 0.382. The van der Waals surface area contributed by atoms with Crippen molar-refractivity contribution in [3.63, 3.8) is 0 Å². The number of benzene rings is 7. The van der Waals surface area contributed by atoms with Crippen LogP contribution in [-0.2, 0) is 0 Å². The Morgan fingerprint density at radius 2 is 1.00 bits per heavy atom. The summed E-state index contributed by atoms with van der Waals surface area (Å²) in [6.07, 6.45) is 0. The number of rotatable bonds is 4. The minimum Gasteiger partial charge on any atom is -0.292 e. The van der Waals surface area contributed by atoms with Gasteiger partial charge >= 0.3 is 0 Å². The van der Waals surface area contributed by atoms with Crippen molar-refractivity contribution in [3.05, 3.63) is 157 Å². The summed E-state index contributed by atoms with van der Waals surface area (Å²) in [6, 6.07) is 25.9. The number of hydrogen-bond acceptors (Lipinski definition) is 1. The molecule has 0 aliphatic carbocycles. The molecular weight excluding hydrogens is 496 g/mol. The van der Waals surface area contributed by atoms with Crippen LogP contribution in [0.25, 0.3) is 71.9 Å². The second-order valence-electron chi connectivity index (χ2n) is 9.62. The van der Waals surface area contributed by atoms with Crippen LogP contribution in [0.4, 0.5) is 0 Å². The standard InChI is InChI=1S/C39H26N2/c1-3-15-27(16-4-1)29-19-7-8-20-30(29)37-31-21-9-11-23-33(31)38(34-24-12-10-22-32(34)37)39-40-35-25-13-14-26-36(35)41(39)28-17-5-2-6-18-28/h1-26H/i1D,2D,3D,4D,5D,6D,15D,16D,17D,18D. The van der Waals surface area contributed by atoms with Gasteiger partial charge in [-0.2, -0.15) is 0 Å². The van der Waals surface area contributed by atoms with Crippen molar-refractivity contribution in [3.8, 4) is 39.3 Å². The lowest BCUT2D eigenvalue weighted by atomic mass is 9.85. The Morgan fingerprint density at radius 3 is 1.66 bits per heavy atom. The quantitative estimate of drug-likeness (QED) is 0.206. The largest absolute Gasteiger partial charge is 0.292 e. The van der Waals surface area contributed by atoms with E-state index in [9.17, 15) is 0 Å². The first-order valence-corrected chi connectivity index (χ1v) is 13.2. The number of para-hydroxylation sites is 3. The van der Waals surface area contributed by atoms with E-state index in [1.54, 1.807) is 16.7 Å². The van der Waals surface area contributed by atoms with Gasteiger partial charge in [0.25, 0.3) is 0 Å². The molecule has 0 unspecified atom stereocenters. The van der Waals surface area contributed by atoms with Gasteiger partial charge in [0.1, 0.15) is 5.82 Å². The van der Waals surface area contributed by atoms with Crippen LogP contribution in [0.1, 0.15) is 13.7 Å². The summed E-state index contributed by atoms with van der Waals surface area (Å²) >= 11 is 0. The van der Waals surface area contributed by atoms with E-state index in [0.29, 0.717) is 33.5 Å². The van der Waals surface area contributed by atoms with Crippen LogP contribution in [0.3, 0.4) is 0 Å². The van der Waals surface area contributed by atoms with E-state index in [-0.39, 0.29) is 35.4 Å². The average Bonchev–Trinajstić information content (AvgIpc) is 3.52. The molecule has 2 nitrogen and oxygen atoms in total. The molecule has 1 heterocycles. The maximum Gasteiger partial charge on any atom is 0.146 e. The van der Waals surface area contributed by atoms with E-state index in [0.717, 1.165) is 27.1 Å². The smallest absolute Gasteiger partial charge is 0.146 e. The molecule has 2 heteroatoms. The monoisotopic (exact) mass is 532 g/mol. The van der Waals surface area contributed by atoms with Gasteiger partial charge in [-0.05, 0) is 68.0 Å². The fourth-order valence-electron chi connectivity index (χ4n) is 5.74. The zero-order valence-electron chi connectivity index (χ0n) is 31.6. The molecule has 0 radical (unpaired) electrons. The molecule has 0 N–H and O–H groups in total. The Hall–Kier alpha value is -5.47. The van der Waals surface area contributed by atoms with Gasteiger partial charge in [0.05, 0.1) is 24.7 Å². The summed E-state index contributed by atoms with van der Waals surface area (Å²) in [4.78, 5) is 5.06. The summed E-state index contributed by atoms with van der Waals surface area (Å²) in [7, 11) is 0. The summed E-state index contributed by atoms with van der Waals surface area (Å²) in [5.41, 5.74) is 3.80. The highest BCUT2D eigenvalue weighted by Crippen LogP contribution is 2.46. The minimum atomic E-state index is -0.488. The van der Waals surface area contributed by atoms with Gasteiger partial charge in [0.2, 0.25) is 0 Å². The highest BCUT2D eigenvalue weighted by Gasteiger charge is 2.22. The van der Waals surface area contributed by atoms with Crippen molar-refractivity contribution in [2.45, 2.75) is 0 Å². The van der Waals surface area contributed by atoms with Crippen LogP contribution in [0.5, 0.6) is 0 Å². The molecule has 1 aromatic heterocycles. The van der Waals surface area contributed by atoms with Gasteiger partial charge in [-0.1, -0.05) is 133 Å². The van der Waals surface area contributed by atoms with E-state index >= 15 is 0 Å². The van der Waals surface area contributed by atoms with Gasteiger partial charge in [0.15, 0.2) is 0 Å². The van der Waals surface area contributed by atoms with Crippen LogP contribution < -0.4 is 0 Å². The molecular formula is C39H26N2. The van der Waals surface area contributed by atoms with Crippen molar-refractivity contribution in [1.82, 2.24) is 9.55 Å². The highest BCUT2D eigenvalue weighted by atomic mass is 15.1. The zero-order valence-corrected chi connectivity index (χ0v) is 21.6. The third kappa shape index (κ3) is 3.76. The van der Waals surface area contributed by atoms with Crippen molar-refractivity contribution in [2.24, 2.45) is 0 Å². The lowest BCUT2D eigenvalue weighted by molar-refractivity contribution is 1.11. The predicted octanol–water partition coefficient (Wildman–Crippen LogP) is 10.3. The normalized spacial score (nSPS) is 14.8. The van der Waals surface area contributed by atoms with Crippen molar-refractivity contribution in [2.75, 3.05) is 0 Å². The maximum atomic E-state index is 8.91. The van der Waals surface area contributed by atoms with Crippen LogP contribution in [0.2, 0.25) is 0 Å². The van der Waals surface area contributed by atoms with Crippen molar-refractivity contribution in [1.29, 1.82) is 0 Å². The molecule has 7 aromatic carbocycles. The molecule has 0 saturated heterocycles. The third-order valence-corrected chi connectivity index (χ3v) is 7.39. The molecule has 41 heavy (non-hydrogen) atoms. The number of nitrogens with zero attached hydrogens (tertiary/aromatic N) is 2. The second-order valence-corrected chi connectivity index (χ2v) is 9.62. The Kier molecular flexibility index (Phi) is 3.60. The number of fused-ring (bicyclic) bond motifs is 3. The lowest BCUT2D eigenvalue weighted by Gasteiger charge is -2.20. The second kappa shape index (κ2) is 9.62. The summed E-state index contributed by atoms with van der Waals surface area (Å²) in [6.45, 7) is 0. The van der Waals surface area contributed by atoms with Gasteiger partial charge in [-0.15, -0.1) is 0 Å². The molecule has 0 saturated carbocycles. The molecule has 8 aromatic rings. The average molecular weight is 533 g/mol. The third-order valence-electron chi connectivity index (χ3n) is 7.39. The van der Waals surface area contributed by atoms with Crippen LogP contribution >= 0.6 is 0 Å². The molecule has 0 fully saturated rings. The van der Waals surface area contributed by atoms with E-state index in [1.807, 2.05) is 84.9 Å². The molecule has 0 amide bonds. The molecule has 192 valence electrons. The number of aromatic nitrogens is 2. The van der Waals surface area contributed by atoms with E-state index in [2.05, 4.69) is 0 Å². The van der Waals surface area contributed by atoms with Crippen molar-refractivity contribution < 1.29 is 13.7 Å². The molecule has 0 bridgehead atoms. The molecule has 0 spiro atoms. The first-order valence-electron chi connectivity index (χ1n) is 18.2. The van der Waals surface area contributed by atoms with E-state index < -0.39 is 36.3 Å². The number of hydrogen-bond donors (Lipinski definition) is 0. The van der Waals surface area contributed by atoms with Crippen LogP contribution in [0.15, 0.2) is 157 Å². The summed E-state index contributed by atoms with van der Waals surface area (Å²) < 4.78 is 87.1. The SMILES string of the molecule is [2H]c1c([2H])c([2H])c(-c2ccccc2-c2c3ccccc3c(-c3nc4ccccc4n3-c3c([2H])c([2H])c([2H])c([2H])c3[2H])c3ccccc23)c([2H])c1[2H]. The van der Waals surface area contributed by atoms with Crippen LogP contribution in [0, 0.1) is 0 Å². The van der Waals surface area contributed by atoms with Gasteiger partial charge < -0.3 is 0 Å². The molecule has 8 rings (SSSR count). The van der Waals surface area contributed by atoms with E-state index in [1.165, 1.54) is 0 Å². The molecule has 0 aliphatic heterocycles. The predicted molar refractivity (Wildman–Crippen MR) is 172 cm³/mol. The zero-order chi connectivity index (χ0) is 35.9. The fourth-order valence-corrected chi connectivity index (χ4v) is 5.74. The Bertz CT molecular complexity index is 2660. The highest BCUT2D eigenvalue weighted by molar-refractivity contribution is 6.22. The topological polar surface area (TPSA) is 17.8 Å². The van der Waals surface area contributed by atoms with Crippen LogP contribution in [-0.4, -0.2) is 9.55 Å². The van der Waals surface area contributed by atoms with Gasteiger partial charge in [-0.25, -0.2) is 4.98 Å². The molecule has 0 atom stereocenters. The maximum absolute atomic E-state index is 8.91. The van der Waals surface area contributed by atoms with Gasteiger partial charge in [-0.3, -0.25) is 4.57 Å². The van der Waals surface area contributed by atoms with Gasteiger partial charge in [0, 0.05) is 11.3 Å². The first-order chi connectivity index (χ1) is 24.5. The van der Waals surface area contributed by atoms with E-state index in [4.69, 9.17) is 18.7 Å². The summed E-state index contributed by atoms with van der Waals surface area (Å²) in [5, 5.41) is 3.08. The fraction of sp³-hybridized carbons (Fsp3) is 0. The van der Waals surface area contributed by atoms with Crippen molar-refractivity contribution >= 4 is 32.6 Å². The lowest BCUT2D eigenvalue weighted by Crippen LogP contribution is -1.99. The Morgan fingerprint density at radius 1 is 0.488 bits per heavy atom. The molecule has 0 aliphatic rings. The first kappa shape index (κ1) is 15.4. The Labute approximate surface area is 252 Å². The Balaban J connectivity index is 1.54. The minimum absolute atomic E-state index is 0.0199.